The zero-order chi connectivity index (χ0) is 24.2. The van der Waals surface area contributed by atoms with Crippen LogP contribution in [0.15, 0.2) is 72.8 Å². The number of amides is 1. The lowest BCUT2D eigenvalue weighted by molar-refractivity contribution is -0.139. The highest BCUT2D eigenvalue weighted by atomic mass is 35.5. The van der Waals surface area contributed by atoms with Crippen LogP contribution >= 0.6 is 11.6 Å². The monoisotopic (exact) mass is 479 g/mol. The summed E-state index contributed by atoms with van der Waals surface area (Å²) >= 11 is 6.23. The van der Waals surface area contributed by atoms with Crippen LogP contribution in [0.4, 0.5) is 0 Å². The normalized spacial score (nSPS) is 17.5. The number of carbonyl (C=O) groups is 2. The molecule has 4 rings (SSSR count). The molecule has 1 N–H and O–H groups in total. The summed E-state index contributed by atoms with van der Waals surface area (Å²) in [5.74, 6) is -0.932. The smallest absolute Gasteiger partial charge is 0.295 e. The maximum absolute atomic E-state index is 13.1. The zero-order valence-electron chi connectivity index (χ0n) is 19.0. The van der Waals surface area contributed by atoms with Gasteiger partial charge in [0, 0.05) is 36.1 Å². The molecule has 1 aliphatic rings. The largest absolute Gasteiger partial charge is 0.507 e. The summed E-state index contributed by atoms with van der Waals surface area (Å²) in [6.07, 6.45) is 5.86. The summed E-state index contributed by atoms with van der Waals surface area (Å²) < 4.78 is 7.57. The van der Waals surface area contributed by atoms with Gasteiger partial charge in [0.1, 0.15) is 11.5 Å². The van der Waals surface area contributed by atoms with Gasteiger partial charge in [-0.3, -0.25) is 9.59 Å². The molecule has 1 aliphatic heterocycles. The summed E-state index contributed by atoms with van der Waals surface area (Å²) in [7, 11) is 0. The van der Waals surface area contributed by atoms with E-state index in [4.69, 9.17) is 16.3 Å². The van der Waals surface area contributed by atoms with E-state index in [1.54, 1.807) is 61.1 Å². The number of hydrogen-bond donors (Lipinski definition) is 1. The van der Waals surface area contributed by atoms with Crippen LogP contribution in [0.25, 0.3) is 5.76 Å². The third-order valence-corrected chi connectivity index (χ3v) is 5.81. The Bertz CT molecular complexity index is 1200. The highest BCUT2D eigenvalue weighted by molar-refractivity contribution is 6.46. The molecule has 176 valence electrons. The molecule has 1 unspecified atom stereocenters. The van der Waals surface area contributed by atoms with Gasteiger partial charge in [-0.2, -0.15) is 0 Å². The van der Waals surface area contributed by atoms with E-state index in [0.717, 1.165) is 0 Å². The van der Waals surface area contributed by atoms with Crippen LogP contribution in [-0.2, 0) is 16.1 Å². The van der Waals surface area contributed by atoms with Crippen LogP contribution in [0.5, 0.6) is 5.75 Å². The van der Waals surface area contributed by atoms with E-state index >= 15 is 0 Å². The Kier molecular flexibility index (Phi) is 7.03. The van der Waals surface area contributed by atoms with Crippen LogP contribution in [-0.4, -0.2) is 43.9 Å². The molecule has 0 saturated carbocycles. The van der Waals surface area contributed by atoms with Crippen molar-refractivity contribution in [1.29, 1.82) is 0 Å². The minimum Gasteiger partial charge on any atom is -0.507 e. The fourth-order valence-electron chi connectivity index (χ4n) is 4.10. The molecular weight excluding hydrogens is 454 g/mol. The van der Waals surface area contributed by atoms with E-state index in [-0.39, 0.29) is 17.4 Å². The maximum Gasteiger partial charge on any atom is 0.295 e. The molecule has 0 radical (unpaired) electrons. The number of hydrogen-bond acceptors (Lipinski definition) is 5. The molecule has 2 aromatic carbocycles. The van der Waals surface area contributed by atoms with Gasteiger partial charge in [-0.05, 0) is 62.2 Å². The second kappa shape index (κ2) is 10.1. The van der Waals surface area contributed by atoms with E-state index in [1.165, 1.54) is 4.90 Å². The number of aliphatic hydroxyl groups is 1. The molecule has 1 fully saturated rings. The van der Waals surface area contributed by atoms with Crippen molar-refractivity contribution in [2.75, 3.05) is 6.54 Å². The van der Waals surface area contributed by atoms with Crippen LogP contribution in [0.1, 0.15) is 37.4 Å². The Morgan fingerprint density at radius 3 is 2.56 bits per heavy atom. The molecule has 1 atom stereocenters. The van der Waals surface area contributed by atoms with Gasteiger partial charge in [0.25, 0.3) is 11.7 Å². The lowest BCUT2D eigenvalue weighted by Gasteiger charge is -2.25. The number of ketones is 1. The summed E-state index contributed by atoms with van der Waals surface area (Å²) in [5.41, 5.74) is 1.14. The average Bonchev–Trinajstić information content (AvgIpc) is 3.41. The van der Waals surface area contributed by atoms with Crippen LogP contribution in [0.3, 0.4) is 0 Å². The SMILES string of the molecule is CC(C)Oc1ccc(C(O)=C2C(=O)C(=O)N(CCCn3ccnc3)C2c2cccc(Cl)c2)cc1. The Hall–Kier alpha value is -3.58. The second-order valence-corrected chi connectivity index (χ2v) is 8.83. The molecular formula is C26H26ClN3O4. The molecule has 8 heteroatoms. The summed E-state index contributed by atoms with van der Waals surface area (Å²) in [4.78, 5) is 31.7. The van der Waals surface area contributed by atoms with Gasteiger partial charge < -0.3 is 19.3 Å². The van der Waals surface area contributed by atoms with Gasteiger partial charge in [0.2, 0.25) is 0 Å². The van der Waals surface area contributed by atoms with Crippen molar-refractivity contribution in [1.82, 2.24) is 14.5 Å². The number of ether oxygens (including phenoxy) is 1. The fraction of sp³-hybridized carbons (Fsp3) is 0.269. The molecule has 7 nitrogen and oxygen atoms in total. The molecule has 3 aromatic rings. The average molecular weight is 480 g/mol. The van der Waals surface area contributed by atoms with Crippen molar-refractivity contribution in [2.24, 2.45) is 0 Å². The quantitative estimate of drug-likeness (QED) is 0.284. The topological polar surface area (TPSA) is 84.7 Å². The summed E-state index contributed by atoms with van der Waals surface area (Å²) in [6, 6.07) is 13.1. The number of halogens is 1. The Morgan fingerprint density at radius 1 is 1.15 bits per heavy atom. The van der Waals surface area contributed by atoms with Crippen molar-refractivity contribution in [3.05, 3.63) is 89.0 Å². The van der Waals surface area contributed by atoms with E-state index in [0.29, 0.717) is 41.4 Å². The van der Waals surface area contributed by atoms with Gasteiger partial charge in [-0.25, -0.2) is 4.98 Å². The van der Waals surface area contributed by atoms with Crippen molar-refractivity contribution >= 4 is 29.1 Å². The third-order valence-electron chi connectivity index (χ3n) is 5.58. The van der Waals surface area contributed by atoms with E-state index < -0.39 is 17.7 Å². The Labute approximate surface area is 203 Å². The first-order valence-electron chi connectivity index (χ1n) is 11.1. The Morgan fingerprint density at radius 2 is 1.91 bits per heavy atom. The van der Waals surface area contributed by atoms with Gasteiger partial charge in [-0.15, -0.1) is 0 Å². The van der Waals surface area contributed by atoms with Crippen molar-refractivity contribution in [3.8, 4) is 5.75 Å². The lowest BCUT2D eigenvalue weighted by atomic mass is 9.95. The predicted molar refractivity (Wildman–Crippen MR) is 130 cm³/mol. The van der Waals surface area contributed by atoms with Crippen LogP contribution in [0.2, 0.25) is 5.02 Å². The van der Waals surface area contributed by atoms with Crippen molar-refractivity contribution < 1.29 is 19.4 Å². The Balaban J connectivity index is 1.70. The number of aromatic nitrogens is 2. The van der Waals surface area contributed by atoms with Gasteiger partial charge in [0.15, 0.2) is 0 Å². The van der Waals surface area contributed by atoms with Gasteiger partial charge in [0.05, 0.1) is 24.0 Å². The first-order chi connectivity index (χ1) is 16.3. The highest BCUT2D eigenvalue weighted by Gasteiger charge is 2.45. The summed E-state index contributed by atoms with van der Waals surface area (Å²) in [5, 5.41) is 11.7. The van der Waals surface area contributed by atoms with Crippen LogP contribution < -0.4 is 4.74 Å². The number of aryl methyl sites for hydroxylation is 1. The minimum absolute atomic E-state index is 0.00919. The molecule has 0 spiro atoms. The van der Waals surface area contributed by atoms with Crippen molar-refractivity contribution in [3.63, 3.8) is 0 Å². The fourth-order valence-corrected chi connectivity index (χ4v) is 4.29. The second-order valence-electron chi connectivity index (χ2n) is 8.39. The minimum atomic E-state index is -0.743. The first-order valence-corrected chi connectivity index (χ1v) is 11.5. The molecule has 0 aliphatic carbocycles. The third kappa shape index (κ3) is 4.99. The molecule has 34 heavy (non-hydrogen) atoms. The number of nitrogens with zero attached hydrogens (tertiary/aromatic N) is 3. The van der Waals surface area contributed by atoms with Crippen LogP contribution in [0, 0.1) is 0 Å². The van der Waals surface area contributed by atoms with Gasteiger partial charge >= 0.3 is 0 Å². The number of imidazole rings is 1. The number of likely N-dealkylation sites (tertiary alicyclic amines) is 1. The van der Waals surface area contributed by atoms with E-state index in [9.17, 15) is 14.7 Å². The number of aliphatic hydroxyl groups excluding tert-OH is 1. The summed E-state index contributed by atoms with van der Waals surface area (Å²) in [6.45, 7) is 4.82. The molecule has 1 amide bonds. The number of Topliss-reactive ketones (excluding diaryl/α,β-unsaturated/α-hetero) is 1. The molecule has 1 aromatic heterocycles. The maximum atomic E-state index is 13.1. The molecule has 2 heterocycles. The number of rotatable bonds is 8. The van der Waals surface area contributed by atoms with Gasteiger partial charge in [-0.1, -0.05) is 23.7 Å². The number of carbonyl (C=O) groups excluding carboxylic acids is 2. The zero-order valence-corrected chi connectivity index (χ0v) is 19.8. The standard InChI is InChI=1S/C26H26ClN3O4/c1-17(2)34-21-9-7-18(8-10-21)24(31)22-23(19-5-3-6-20(27)15-19)30(26(33)25(22)32)13-4-12-29-14-11-28-16-29/h3,5-11,14-17,23,31H,4,12-13H2,1-2H3. The first kappa shape index (κ1) is 23.6. The van der Waals surface area contributed by atoms with E-state index in [1.807, 2.05) is 24.6 Å². The van der Waals surface area contributed by atoms with E-state index in [2.05, 4.69) is 4.98 Å². The predicted octanol–water partition coefficient (Wildman–Crippen LogP) is 4.84. The van der Waals surface area contributed by atoms with Crippen molar-refractivity contribution in [2.45, 2.75) is 39.0 Å². The number of benzene rings is 2. The molecule has 0 bridgehead atoms. The molecule has 1 saturated heterocycles. The lowest BCUT2D eigenvalue weighted by Crippen LogP contribution is -2.31. The highest BCUT2D eigenvalue weighted by Crippen LogP contribution is 2.40.